The van der Waals surface area contributed by atoms with Crippen LogP contribution in [-0.2, 0) is 10.4 Å². The Bertz CT molecular complexity index is 486. The Morgan fingerprint density at radius 1 is 1.18 bits per heavy atom. The van der Waals surface area contributed by atoms with Gasteiger partial charge in [0.15, 0.2) is 0 Å². The van der Waals surface area contributed by atoms with Gasteiger partial charge in [-0.15, -0.1) is 0 Å². The molecule has 2 rings (SSSR count). The molecule has 1 aliphatic rings. The number of hydrogen-bond donors (Lipinski definition) is 3. The van der Waals surface area contributed by atoms with E-state index in [2.05, 4.69) is 10.6 Å². The quantitative estimate of drug-likeness (QED) is 0.786. The van der Waals surface area contributed by atoms with Crippen molar-refractivity contribution in [3.8, 4) is 0 Å². The zero-order chi connectivity index (χ0) is 16.8. The molecule has 1 fully saturated rings. The fourth-order valence-electron chi connectivity index (χ4n) is 2.42. The van der Waals surface area contributed by atoms with Crippen LogP contribution in [0.15, 0.2) is 24.3 Å². The van der Waals surface area contributed by atoms with Crippen LogP contribution in [-0.4, -0.2) is 24.1 Å². The first kappa shape index (κ1) is 18.7. The lowest BCUT2D eigenvalue weighted by atomic mass is 9.84. The molecule has 0 atom stereocenters. The number of amides is 1. The Kier molecular flexibility index (Phi) is 6.57. The SMILES string of the molecule is CC.CC(C)(C)C(=O)Nc1ccccc1C1(O)CCNCC1. The van der Waals surface area contributed by atoms with Gasteiger partial charge in [-0.25, -0.2) is 0 Å². The average molecular weight is 306 g/mol. The number of hydrogen-bond acceptors (Lipinski definition) is 3. The first-order chi connectivity index (χ1) is 10.3. The number of rotatable bonds is 2. The van der Waals surface area contributed by atoms with Gasteiger partial charge in [-0.2, -0.15) is 0 Å². The smallest absolute Gasteiger partial charge is 0.229 e. The summed E-state index contributed by atoms with van der Waals surface area (Å²) in [6.45, 7) is 11.2. The van der Waals surface area contributed by atoms with Crippen molar-refractivity contribution in [2.24, 2.45) is 5.41 Å². The minimum absolute atomic E-state index is 0.0394. The molecule has 1 aliphatic heterocycles. The molecule has 0 saturated carbocycles. The maximum absolute atomic E-state index is 12.2. The molecular weight excluding hydrogens is 276 g/mol. The molecule has 1 saturated heterocycles. The number of para-hydroxylation sites is 1. The Morgan fingerprint density at radius 2 is 1.73 bits per heavy atom. The molecule has 1 aromatic carbocycles. The molecule has 0 unspecified atom stereocenters. The minimum atomic E-state index is -0.854. The van der Waals surface area contributed by atoms with E-state index >= 15 is 0 Å². The standard InChI is InChI=1S/C16H24N2O2.C2H6/c1-15(2,3)14(19)18-13-7-5-4-6-12(13)16(20)8-10-17-11-9-16;1-2/h4-7,17,20H,8-11H2,1-3H3,(H,18,19);1-2H3. The maximum atomic E-state index is 12.2. The highest BCUT2D eigenvalue weighted by atomic mass is 16.3. The summed E-state index contributed by atoms with van der Waals surface area (Å²) in [5, 5.41) is 17.0. The maximum Gasteiger partial charge on any atom is 0.229 e. The molecule has 4 heteroatoms. The molecule has 1 heterocycles. The van der Waals surface area contributed by atoms with Gasteiger partial charge in [-0.3, -0.25) is 4.79 Å². The number of carbonyl (C=O) groups excluding carboxylic acids is 1. The fourth-order valence-corrected chi connectivity index (χ4v) is 2.42. The lowest BCUT2D eigenvalue weighted by Crippen LogP contribution is -2.40. The third-order valence-corrected chi connectivity index (χ3v) is 3.79. The molecule has 1 aromatic rings. The summed E-state index contributed by atoms with van der Waals surface area (Å²) in [6.07, 6.45) is 1.32. The van der Waals surface area contributed by atoms with E-state index in [9.17, 15) is 9.90 Å². The largest absolute Gasteiger partial charge is 0.385 e. The number of carbonyl (C=O) groups is 1. The summed E-state index contributed by atoms with van der Waals surface area (Å²) in [6, 6.07) is 7.55. The van der Waals surface area contributed by atoms with Gasteiger partial charge in [0, 0.05) is 16.7 Å². The third kappa shape index (κ3) is 4.55. The van der Waals surface area contributed by atoms with Crippen LogP contribution in [0.4, 0.5) is 5.69 Å². The van der Waals surface area contributed by atoms with Crippen molar-refractivity contribution >= 4 is 11.6 Å². The van der Waals surface area contributed by atoms with Crippen LogP contribution >= 0.6 is 0 Å². The Balaban J connectivity index is 0.00000116. The number of benzene rings is 1. The van der Waals surface area contributed by atoms with E-state index in [0.717, 1.165) is 24.3 Å². The summed E-state index contributed by atoms with van der Waals surface area (Å²) in [5.41, 5.74) is 0.229. The van der Waals surface area contributed by atoms with Gasteiger partial charge in [-0.05, 0) is 32.0 Å². The molecule has 1 amide bonds. The number of aliphatic hydroxyl groups is 1. The molecule has 0 bridgehead atoms. The molecule has 0 aromatic heterocycles. The first-order valence-corrected chi connectivity index (χ1v) is 8.17. The van der Waals surface area contributed by atoms with E-state index in [0.29, 0.717) is 12.8 Å². The van der Waals surface area contributed by atoms with Crippen LogP contribution in [0, 0.1) is 5.41 Å². The molecule has 0 aliphatic carbocycles. The van der Waals surface area contributed by atoms with Gasteiger partial charge in [0.05, 0.1) is 5.60 Å². The summed E-state index contributed by atoms with van der Waals surface area (Å²) < 4.78 is 0. The van der Waals surface area contributed by atoms with E-state index in [-0.39, 0.29) is 5.91 Å². The monoisotopic (exact) mass is 306 g/mol. The van der Waals surface area contributed by atoms with Crippen molar-refractivity contribution in [1.82, 2.24) is 5.32 Å². The topological polar surface area (TPSA) is 61.4 Å². The van der Waals surface area contributed by atoms with E-state index in [4.69, 9.17) is 0 Å². The zero-order valence-electron chi connectivity index (χ0n) is 14.5. The molecular formula is C18H30N2O2. The van der Waals surface area contributed by atoms with Crippen LogP contribution in [0.1, 0.15) is 53.0 Å². The predicted octanol–water partition coefficient (Wildman–Crippen LogP) is 3.27. The van der Waals surface area contributed by atoms with Gasteiger partial charge in [0.25, 0.3) is 0 Å². The second-order valence-corrected chi connectivity index (χ2v) is 6.53. The second kappa shape index (κ2) is 7.75. The number of anilines is 1. The van der Waals surface area contributed by atoms with Crippen molar-refractivity contribution in [1.29, 1.82) is 0 Å². The summed E-state index contributed by atoms with van der Waals surface area (Å²) in [5.74, 6) is -0.0394. The van der Waals surface area contributed by atoms with Gasteiger partial charge in [0.2, 0.25) is 5.91 Å². The van der Waals surface area contributed by atoms with Crippen molar-refractivity contribution in [3.63, 3.8) is 0 Å². The number of piperidine rings is 1. The lowest BCUT2D eigenvalue weighted by molar-refractivity contribution is -0.123. The molecule has 0 spiro atoms. The van der Waals surface area contributed by atoms with Crippen molar-refractivity contribution in [2.75, 3.05) is 18.4 Å². The van der Waals surface area contributed by atoms with Crippen molar-refractivity contribution in [2.45, 2.75) is 53.1 Å². The third-order valence-electron chi connectivity index (χ3n) is 3.79. The molecule has 0 radical (unpaired) electrons. The van der Waals surface area contributed by atoms with E-state index in [1.165, 1.54) is 0 Å². The Morgan fingerprint density at radius 3 is 2.27 bits per heavy atom. The minimum Gasteiger partial charge on any atom is -0.385 e. The van der Waals surface area contributed by atoms with Crippen LogP contribution in [0.3, 0.4) is 0 Å². The molecule has 3 N–H and O–H groups in total. The highest BCUT2D eigenvalue weighted by Gasteiger charge is 2.34. The summed E-state index contributed by atoms with van der Waals surface area (Å²) in [7, 11) is 0. The first-order valence-electron chi connectivity index (χ1n) is 8.17. The van der Waals surface area contributed by atoms with Crippen molar-refractivity contribution < 1.29 is 9.90 Å². The average Bonchev–Trinajstić information content (AvgIpc) is 2.49. The van der Waals surface area contributed by atoms with Crippen LogP contribution in [0.5, 0.6) is 0 Å². The number of nitrogens with one attached hydrogen (secondary N) is 2. The van der Waals surface area contributed by atoms with Gasteiger partial charge < -0.3 is 15.7 Å². The normalized spacial score (nSPS) is 17.2. The van der Waals surface area contributed by atoms with Gasteiger partial charge >= 0.3 is 0 Å². The van der Waals surface area contributed by atoms with Crippen LogP contribution < -0.4 is 10.6 Å². The second-order valence-electron chi connectivity index (χ2n) is 6.53. The fraction of sp³-hybridized carbons (Fsp3) is 0.611. The van der Waals surface area contributed by atoms with Gasteiger partial charge in [0.1, 0.15) is 0 Å². The lowest BCUT2D eigenvalue weighted by Gasteiger charge is -2.34. The van der Waals surface area contributed by atoms with Crippen LogP contribution in [0.25, 0.3) is 0 Å². The molecule has 124 valence electrons. The van der Waals surface area contributed by atoms with Crippen LogP contribution in [0.2, 0.25) is 0 Å². The molecule has 22 heavy (non-hydrogen) atoms. The Labute approximate surface area is 134 Å². The van der Waals surface area contributed by atoms with Crippen molar-refractivity contribution in [3.05, 3.63) is 29.8 Å². The predicted molar refractivity (Wildman–Crippen MR) is 91.9 cm³/mol. The van der Waals surface area contributed by atoms with Gasteiger partial charge in [-0.1, -0.05) is 52.8 Å². The summed E-state index contributed by atoms with van der Waals surface area (Å²) >= 11 is 0. The van der Waals surface area contributed by atoms with E-state index in [1.807, 2.05) is 58.9 Å². The summed E-state index contributed by atoms with van der Waals surface area (Å²) in [4.78, 5) is 12.2. The molecule has 4 nitrogen and oxygen atoms in total. The van der Waals surface area contributed by atoms with E-state index < -0.39 is 11.0 Å². The highest BCUT2D eigenvalue weighted by Crippen LogP contribution is 2.35. The zero-order valence-corrected chi connectivity index (χ0v) is 14.5. The van der Waals surface area contributed by atoms with E-state index in [1.54, 1.807) is 0 Å². The Hall–Kier alpha value is -1.39. The highest BCUT2D eigenvalue weighted by molar-refractivity contribution is 5.95.